The van der Waals surface area contributed by atoms with Crippen molar-refractivity contribution in [3.63, 3.8) is 0 Å². The van der Waals surface area contributed by atoms with E-state index in [1.165, 1.54) is 11.9 Å². The minimum Gasteiger partial charge on any atom is -0.361 e. The summed E-state index contributed by atoms with van der Waals surface area (Å²) in [6.07, 6.45) is 6.62. The third-order valence-electron chi connectivity index (χ3n) is 4.33. The van der Waals surface area contributed by atoms with Crippen LogP contribution >= 0.6 is 0 Å². The first-order valence-corrected chi connectivity index (χ1v) is 8.29. The molecule has 1 aromatic heterocycles. The van der Waals surface area contributed by atoms with Gasteiger partial charge in [-0.15, -0.1) is 0 Å². The maximum atomic E-state index is 11.6. The lowest BCUT2D eigenvalue weighted by molar-refractivity contribution is -0.383. The molecule has 2 aromatic rings. The van der Waals surface area contributed by atoms with Gasteiger partial charge in [-0.3, -0.25) is 10.1 Å². The predicted molar refractivity (Wildman–Crippen MR) is 93.7 cm³/mol. The lowest BCUT2D eigenvalue weighted by atomic mass is 10.1. The fourth-order valence-electron chi connectivity index (χ4n) is 2.97. The highest BCUT2D eigenvalue weighted by Crippen LogP contribution is 2.33. The molecule has 0 spiro atoms. The Labute approximate surface area is 140 Å². The van der Waals surface area contributed by atoms with Crippen LogP contribution in [0.25, 0.3) is 0 Å². The summed E-state index contributed by atoms with van der Waals surface area (Å²) in [5, 5.41) is 17.8. The summed E-state index contributed by atoms with van der Waals surface area (Å²) < 4.78 is 0. The van der Waals surface area contributed by atoms with E-state index in [0.717, 1.165) is 37.8 Å². The van der Waals surface area contributed by atoms with Crippen LogP contribution in [0.3, 0.4) is 0 Å². The second-order valence-corrected chi connectivity index (χ2v) is 5.98. The number of aromatic nitrogens is 2. The Hall–Kier alpha value is -2.70. The van der Waals surface area contributed by atoms with Crippen molar-refractivity contribution in [3.8, 4) is 0 Å². The van der Waals surface area contributed by atoms with Gasteiger partial charge in [-0.2, -0.15) is 0 Å². The summed E-state index contributed by atoms with van der Waals surface area (Å²) in [5.74, 6) is 0.495. The van der Waals surface area contributed by atoms with Gasteiger partial charge in [0.1, 0.15) is 6.33 Å². The highest BCUT2D eigenvalue weighted by atomic mass is 16.6. The van der Waals surface area contributed by atoms with Crippen LogP contribution in [0.2, 0.25) is 0 Å². The number of hydrogen-bond acceptors (Lipinski definition) is 6. The van der Waals surface area contributed by atoms with Gasteiger partial charge in [0.15, 0.2) is 0 Å². The van der Waals surface area contributed by atoms with Gasteiger partial charge in [-0.05, 0) is 37.0 Å². The van der Waals surface area contributed by atoms with Crippen molar-refractivity contribution >= 4 is 23.0 Å². The number of nitrogens with zero attached hydrogens (tertiary/aromatic N) is 3. The average Bonchev–Trinajstić information content (AvgIpc) is 3.08. The van der Waals surface area contributed by atoms with Crippen molar-refractivity contribution in [2.45, 2.75) is 45.1 Å². The molecule has 0 unspecified atom stereocenters. The summed E-state index contributed by atoms with van der Waals surface area (Å²) in [4.78, 5) is 19.3. The van der Waals surface area contributed by atoms with Crippen LogP contribution in [0.15, 0.2) is 30.6 Å². The van der Waals surface area contributed by atoms with Crippen LogP contribution in [-0.2, 0) is 6.42 Å². The number of nitrogens with one attached hydrogen (secondary N) is 2. The van der Waals surface area contributed by atoms with Crippen LogP contribution in [0, 0.1) is 10.1 Å². The van der Waals surface area contributed by atoms with Gasteiger partial charge in [0.05, 0.1) is 4.92 Å². The molecule has 7 nitrogen and oxygen atoms in total. The lowest BCUT2D eigenvalue weighted by Gasteiger charge is -2.14. The molecule has 0 saturated heterocycles. The SMILES string of the molecule is CCc1ccc(Nc2ncnc(NC3CCCC3)c2[N+](=O)[O-])cc1. The van der Waals surface area contributed by atoms with Crippen LogP contribution < -0.4 is 10.6 Å². The van der Waals surface area contributed by atoms with E-state index < -0.39 is 4.92 Å². The Morgan fingerprint density at radius 2 is 1.83 bits per heavy atom. The molecule has 1 aliphatic rings. The van der Waals surface area contributed by atoms with E-state index in [4.69, 9.17) is 0 Å². The quantitative estimate of drug-likeness (QED) is 0.614. The fourth-order valence-corrected chi connectivity index (χ4v) is 2.97. The van der Waals surface area contributed by atoms with Crippen LogP contribution in [-0.4, -0.2) is 20.9 Å². The highest BCUT2D eigenvalue weighted by Gasteiger charge is 2.26. The normalized spacial score (nSPS) is 14.5. The molecule has 1 aromatic carbocycles. The van der Waals surface area contributed by atoms with Gasteiger partial charge >= 0.3 is 5.69 Å². The summed E-state index contributed by atoms with van der Waals surface area (Å²) >= 11 is 0. The van der Waals surface area contributed by atoms with Gasteiger partial charge in [0.25, 0.3) is 0 Å². The molecule has 0 radical (unpaired) electrons. The third-order valence-corrected chi connectivity index (χ3v) is 4.33. The first-order valence-electron chi connectivity index (χ1n) is 8.29. The molecule has 126 valence electrons. The van der Waals surface area contributed by atoms with Gasteiger partial charge in [-0.25, -0.2) is 9.97 Å². The highest BCUT2D eigenvalue weighted by molar-refractivity contribution is 5.73. The van der Waals surface area contributed by atoms with Crippen LogP contribution in [0.1, 0.15) is 38.2 Å². The average molecular weight is 327 g/mol. The van der Waals surface area contributed by atoms with E-state index in [0.29, 0.717) is 0 Å². The predicted octanol–water partition coefficient (Wildman–Crippen LogP) is 4.05. The number of anilines is 3. The molecule has 24 heavy (non-hydrogen) atoms. The standard InChI is InChI=1S/C17H21N5O2/c1-2-12-7-9-14(10-8-12)21-17-15(22(23)24)16(18-11-19-17)20-13-5-3-4-6-13/h7-11,13H,2-6H2,1H3,(H2,18,19,20,21). The van der Waals surface area contributed by atoms with Gasteiger partial charge in [-0.1, -0.05) is 31.9 Å². The zero-order chi connectivity index (χ0) is 16.9. The van der Waals surface area contributed by atoms with Crippen molar-refractivity contribution in [1.29, 1.82) is 0 Å². The van der Waals surface area contributed by atoms with Crippen molar-refractivity contribution in [2.24, 2.45) is 0 Å². The first kappa shape index (κ1) is 16.2. The molecule has 0 bridgehead atoms. The number of rotatable bonds is 6. The maximum Gasteiger partial charge on any atom is 0.353 e. The van der Waals surface area contributed by atoms with E-state index in [9.17, 15) is 10.1 Å². The molecule has 1 saturated carbocycles. The second-order valence-electron chi connectivity index (χ2n) is 5.98. The molecule has 1 aliphatic carbocycles. The molecule has 0 aliphatic heterocycles. The van der Waals surface area contributed by atoms with Crippen LogP contribution in [0.4, 0.5) is 23.0 Å². The number of aryl methyl sites for hydroxylation is 1. The Kier molecular flexibility index (Phi) is 4.88. The van der Waals surface area contributed by atoms with Crippen molar-refractivity contribution in [3.05, 3.63) is 46.3 Å². The number of hydrogen-bond donors (Lipinski definition) is 2. The molecule has 0 amide bonds. The Balaban J connectivity index is 1.86. The zero-order valence-corrected chi connectivity index (χ0v) is 13.7. The van der Waals surface area contributed by atoms with Crippen molar-refractivity contribution in [1.82, 2.24) is 9.97 Å². The third kappa shape index (κ3) is 3.61. The van der Waals surface area contributed by atoms with Gasteiger partial charge in [0.2, 0.25) is 11.6 Å². The monoisotopic (exact) mass is 327 g/mol. The molecule has 7 heteroatoms. The maximum absolute atomic E-state index is 11.6. The van der Waals surface area contributed by atoms with Crippen LogP contribution in [0.5, 0.6) is 0 Å². The van der Waals surface area contributed by atoms with E-state index in [1.54, 1.807) is 0 Å². The van der Waals surface area contributed by atoms with Gasteiger partial charge in [0, 0.05) is 11.7 Å². The van der Waals surface area contributed by atoms with Crippen molar-refractivity contribution < 1.29 is 4.92 Å². The van der Waals surface area contributed by atoms with E-state index in [2.05, 4.69) is 27.5 Å². The minimum atomic E-state index is -0.431. The fraction of sp³-hybridized carbons (Fsp3) is 0.412. The Morgan fingerprint density at radius 1 is 1.17 bits per heavy atom. The van der Waals surface area contributed by atoms with Crippen molar-refractivity contribution in [2.75, 3.05) is 10.6 Å². The number of benzene rings is 1. The van der Waals surface area contributed by atoms with E-state index in [-0.39, 0.29) is 23.4 Å². The zero-order valence-electron chi connectivity index (χ0n) is 13.7. The Morgan fingerprint density at radius 3 is 2.46 bits per heavy atom. The molecular weight excluding hydrogens is 306 g/mol. The smallest absolute Gasteiger partial charge is 0.353 e. The lowest BCUT2D eigenvalue weighted by Crippen LogP contribution is -2.17. The van der Waals surface area contributed by atoms with E-state index in [1.807, 2.05) is 24.3 Å². The second kappa shape index (κ2) is 7.25. The molecule has 1 heterocycles. The topological polar surface area (TPSA) is 93.0 Å². The van der Waals surface area contributed by atoms with E-state index >= 15 is 0 Å². The number of nitro groups is 1. The summed E-state index contributed by atoms with van der Waals surface area (Å²) in [6.45, 7) is 2.08. The molecule has 3 rings (SSSR count). The summed E-state index contributed by atoms with van der Waals surface area (Å²) in [6, 6.07) is 8.03. The summed E-state index contributed by atoms with van der Waals surface area (Å²) in [7, 11) is 0. The largest absolute Gasteiger partial charge is 0.361 e. The molecule has 1 fully saturated rings. The molecule has 2 N–H and O–H groups in total. The van der Waals surface area contributed by atoms with Gasteiger partial charge < -0.3 is 10.6 Å². The molecule has 0 atom stereocenters. The summed E-state index contributed by atoms with van der Waals surface area (Å²) in [5.41, 5.74) is 1.87. The Bertz CT molecular complexity index is 711. The molecular formula is C17H21N5O2. The first-order chi connectivity index (χ1) is 11.7. The minimum absolute atomic E-state index is 0.107.